The van der Waals surface area contributed by atoms with Crippen molar-refractivity contribution in [1.29, 1.82) is 0 Å². The number of ether oxygens (including phenoxy) is 1. The van der Waals surface area contributed by atoms with Crippen molar-refractivity contribution in [2.45, 2.75) is 45.4 Å². The smallest absolute Gasteiger partial charge is 0.323 e. The van der Waals surface area contributed by atoms with Crippen molar-refractivity contribution < 1.29 is 22.3 Å². The number of amides is 1. The maximum absolute atomic E-state index is 13.9. The molecule has 0 saturated heterocycles. The van der Waals surface area contributed by atoms with Crippen molar-refractivity contribution >= 4 is 21.6 Å². The van der Waals surface area contributed by atoms with Crippen LogP contribution in [0.3, 0.4) is 0 Å². The molecule has 0 fully saturated rings. The van der Waals surface area contributed by atoms with Gasteiger partial charge < -0.3 is 4.74 Å². The van der Waals surface area contributed by atoms with Crippen molar-refractivity contribution in [2.24, 2.45) is 11.1 Å². The number of nitrogens with zero attached hydrogens (tertiary/aromatic N) is 2. The molecule has 0 spiro atoms. The van der Waals surface area contributed by atoms with Gasteiger partial charge in [-0.1, -0.05) is 26.0 Å². The highest BCUT2D eigenvalue weighted by Gasteiger charge is 2.40. The molecule has 0 aliphatic carbocycles. The highest BCUT2D eigenvalue weighted by atomic mass is 32.2. The summed E-state index contributed by atoms with van der Waals surface area (Å²) in [6.07, 6.45) is 0. The molecule has 0 aromatic heterocycles. The van der Waals surface area contributed by atoms with Crippen LogP contribution in [-0.2, 0) is 14.8 Å². The zero-order valence-electron chi connectivity index (χ0n) is 21.4. The molecule has 7 nitrogen and oxygen atoms in total. The normalized spacial score (nSPS) is 15.1. The molecule has 1 heterocycles. The van der Waals surface area contributed by atoms with Gasteiger partial charge in [-0.3, -0.25) is 9.10 Å². The van der Waals surface area contributed by atoms with E-state index in [9.17, 15) is 22.5 Å². The van der Waals surface area contributed by atoms with Gasteiger partial charge in [-0.25, -0.2) is 12.8 Å². The SMILES string of the molecule is Cc1cc(S(=O)(=O)N2CC(C(C)C)c3c(C)c(-c4ccc(F)cc4)cc(C)c32)ccc1OCC(=O)N=O. The van der Waals surface area contributed by atoms with E-state index in [4.69, 9.17) is 4.74 Å². The molecule has 194 valence electrons. The molecule has 0 N–H and O–H groups in total. The Morgan fingerprint density at radius 2 is 1.76 bits per heavy atom. The minimum atomic E-state index is -3.92. The molecule has 3 aromatic carbocycles. The molecule has 0 saturated carbocycles. The summed E-state index contributed by atoms with van der Waals surface area (Å²) in [5, 5.41) is 2.30. The highest BCUT2D eigenvalue weighted by Crippen LogP contribution is 2.49. The Labute approximate surface area is 216 Å². The van der Waals surface area contributed by atoms with E-state index in [2.05, 4.69) is 19.0 Å². The number of carbonyl (C=O) groups excluding carboxylic acids is 1. The first-order chi connectivity index (χ1) is 17.4. The third-order valence-corrected chi connectivity index (χ3v) is 8.69. The molecule has 3 aromatic rings. The Morgan fingerprint density at radius 3 is 2.35 bits per heavy atom. The molecule has 1 aliphatic heterocycles. The Morgan fingerprint density at radius 1 is 1.08 bits per heavy atom. The zero-order valence-corrected chi connectivity index (χ0v) is 22.2. The van der Waals surface area contributed by atoms with Gasteiger partial charge in [0.05, 0.1) is 10.6 Å². The Hall–Kier alpha value is -3.59. The second kappa shape index (κ2) is 10.0. The minimum Gasteiger partial charge on any atom is -0.483 e. The molecule has 9 heteroatoms. The van der Waals surface area contributed by atoms with Crippen LogP contribution >= 0.6 is 0 Å². The predicted octanol–water partition coefficient (Wildman–Crippen LogP) is 6.04. The van der Waals surface area contributed by atoms with Crippen LogP contribution in [0.25, 0.3) is 11.1 Å². The number of rotatable bonds is 7. The standard InChI is InChI=1S/C28H29FN2O5S/c1-16(2)24-14-31(37(34,35)22-10-11-25(17(3)12-22)36-15-26(32)30-33)28-18(4)13-23(19(5)27(24)28)20-6-8-21(29)9-7-20/h6-13,16,24H,14-15H2,1-5H3. The van der Waals surface area contributed by atoms with Crippen LogP contribution in [0.4, 0.5) is 10.1 Å². The van der Waals surface area contributed by atoms with Gasteiger partial charge in [0, 0.05) is 17.6 Å². The van der Waals surface area contributed by atoms with E-state index in [1.165, 1.54) is 34.6 Å². The topological polar surface area (TPSA) is 93.1 Å². The van der Waals surface area contributed by atoms with Crippen LogP contribution in [-0.4, -0.2) is 27.5 Å². The van der Waals surface area contributed by atoms with Crippen molar-refractivity contribution in [2.75, 3.05) is 17.5 Å². The fourth-order valence-corrected chi connectivity index (χ4v) is 6.66. The van der Waals surface area contributed by atoms with E-state index >= 15 is 0 Å². The van der Waals surface area contributed by atoms with Gasteiger partial charge >= 0.3 is 5.91 Å². The number of nitroso groups, excluding NO2 is 1. The van der Waals surface area contributed by atoms with E-state index < -0.39 is 22.5 Å². The molecule has 1 unspecified atom stereocenters. The van der Waals surface area contributed by atoms with Crippen LogP contribution in [0.15, 0.2) is 58.6 Å². The minimum absolute atomic E-state index is 0.0190. The summed E-state index contributed by atoms with van der Waals surface area (Å²) >= 11 is 0. The first-order valence-electron chi connectivity index (χ1n) is 12.0. The largest absolute Gasteiger partial charge is 0.483 e. The number of hydrogen-bond acceptors (Lipinski definition) is 5. The second-order valence-electron chi connectivity index (χ2n) is 9.72. The third-order valence-electron chi connectivity index (χ3n) is 6.93. The molecular weight excluding hydrogens is 495 g/mol. The number of sulfonamides is 1. The summed E-state index contributed by atoms with van der Waals surface area (Å²) in [6, 6.07) is 12.7. The Kier molecular flexibility index (Phi) is 7.19. The van der Waals surface area contributed by atoms with Crippen LogP contribution in [0.2, 0.25) is 0 Å². The van der Waals surface area contributed by atoms with Gasteiger partial charge in [-0.15, -0.1) is 4.91 Å². The summed E-state index contributed by atoms with van der Waals surface area (Å²) in [7, 11) is -3.92. The molecule has 37 heavy (non-hydrogen) atoms. The van der Waals surface area contributed by atoms with Crippen molar-refractivity contribution in [3.05, 3.63) is 81.5 Å². The van der Waals surface area contributed by atoms with Gasteiger partial charge in [0.1, 0.15) is 11.6 Å². The maximum Gasteiger partial charge on any atom is 0.323 e. The van der Waals surface area contributed by atoms with Crippen molar-refractivity contribution in [3.8, 4) is 16.9 Å². The lowest BCUT2D eigenvalue weighted by molar-refractivity contribution is -0.119. The van der Waals surface area contributed by atoms with Crippen LogP contribution in [0, 0.1) is 37.4 Å². The van der Waals surface area contributed by atoms with E-state index in [1.807, 2.05) is 19.9 Å². The summed E-state index contributed by atoms with van der Waals surface area (Å²) in [5.74, 6) is -0.795. The predicted molar refractivity (Wildman–Crippen MR) is 141 cm³/mol. The van der Waals surface area contributed by atoms with Gasteiger partial charge in [0.15, 0.2) is 6.61 Å². The number of benzene rings is 3. The molecule has 0 bridgehead atoms. The molecule has 4 rings (SSSR count). The number of aryl methyl sites for hydroxylation is 2. The van der Waals surface area contributed by atoms with Gasteiger partial charge in [0.25, 0.3) is 10.0 Å². The lowest BCUT2D eigenvalue weighted by Gasteiger charge is -2.23. The maximum atomic E-state index is 13.9. The summed E-state index contributed by atoms with van der Waals surface area (Å²) in [6.45, 7) is 9.52. The van der Waals surface area contributed by atoms with Crippen molar-refractivity contribution in [1.82, 2.24) is 0 Å². The van der Waals surface area contributed by atoms with E-state index in [0.717, 1.165) is 27.8 Å². The fraction of sp³-hybridized carbons (Fsp3) is 0.321. The Bertz CT molecular complexity index is 1480. The van der Waals surface area contributed by atoms with E-state index in [0.29, 0.717) is 23.5 Å². The molecule has 1 atom stereocenters. The number of fused-ring (bicyclic) bond motifs is 1. The average Bonchev–Trinajstić information content (AvgIpc) is 3.29. The zero-order chi connectivity index (χ0) is 27.1. The first-order valence-corrected chi connectivity index (χ1v) is 13.4. The number of anilines is 1. The molecular formula is C28H29FN2O5S. The lowest BCUT2D eigenvalue weighted by Crippen LogP contribution is -2.31. The monoisotopic (exact) mass is 524 g/mol. The van der Waals surface area contributed by atoms with Crippen molar-refractivity contribution in [3.63, 3.8) is 0 Å². The molecule has 0 radical (unpaired) electrons. The second-order valence-corrected chi connectivity index (χ2v) is 11.6. The third kappa shape index (κ3) is 4.87. The van der Waals surface area contributed by atoms with Gasteiger partial charge in [0.2, 0.25) is 0 Å². The number of carbonyl (C=O) groups is 1. The number of halogens is 1. The Balaban J connectivity index is 1.79. The quantitative estimate of drug-likeness (QED) is 0.352. The van der Waals surface area contributed by atoms with Crippen LogP contribution < -0.4 is 9.04 Å². The summed E-state index contributed by atoms with van der Waals surface area (Å²) < 4.78 is 48.2. The average molecular weight is 525 g/mol. The lowest BCUT2D eigenvalue weighted by atomic mass is 9.83. The van der Waals surface area contributed by atoms with Crippen LogP contribution in [0.1, 0.15) is 42.0 Å². The highest BCUT2D eigenvalue weighted by molar-refractivity contribution is 7.92. The molecule has 1 amide bonds. The summed E-state index contributed by atoms with van der Waals surface area (Å²) in [4.78, 5) is 21.6. The van der Waals surface area contributed by atoms with Gasteiger partial charge in [-0.05, 0) is 96.5 Å². The number of hydrogen-bond donors (Lipinski definition) is 0. The van der Waals surface area contributed by atoms with Crippen LogP contribution in [0.5, 0.6) is 5.75 Å². The van der Waals surface area contributed by atoms with E-state index in [1.54, 1.807) is 19.1 Å². The molecule has 1 aliphatic rings. The summed E-state index contributed by atoms with van der Waals surface area (Å²) in [5.41, 5.74) is 5.83. The van der Waals surface area contributed by atoms with Gasteiger partial charge in [-0.2, -0.15) is 0 Å². The fourth-order valence-electron chi connectivity index (χ4n) is 5.00. The van der Waals surface area contributed by atoms with E-state index in [-0.39, 0.29) is 22.5 Å². The first kappa shape index (κ1) is 26.5.